The van der Waals surface area contributed by atoms with E-state index < -0.39 is 20.7 Å². The minimum Gasteiger partial charge on any atom is -0.465 e. The van der Waals surface area contributed by atoms with Crippen LogP contribution in [0.4, 0.5) is 0 Å². The minimum absolute atomic E-state index is 0.123. The molecule has 0 amide bonds. The Labute approximate surface area is 116 Å². The van der Waals surface area contributed by atoms with Gasteiger partial charge in [-0.25, -0.2) is 0 Å². The first-order chi connectivity index (χ1) is 9.09. The molecule has 0 bridgehead atoms. The van der Waals surface area contributed by atoms with E-state index in [1.54, 1.807) is 6.92 Å². The number of carbonyl (C=O) groups excluding carboxylic acids is 1. The number of carbonyl (C=O) groups is 1. The van der Waals surface area contributed by atoms with Crippen molar-refractivity contribution in [1.29, 1.82) is 5.26 Å². The molecule has 7 heteroatoms. The molecule has 0 aromatic heterocycles. The predicted octanol–water partition coefficient (Wildman–Crippen LogP) is 1.74. The normalized spacial score (nSPS) is 12.8. The van der Waals surface area contributed by atoms with Gasteiger partial charge in [-0.2, -0.15) is 5.26 Å². The first-order valence-electron chi connectivity index (χ1n) is 6.57. The first kappa shape index (κ1) is 18.1. The zero-order valence-corrected chi connectivity index (χ0v) is 13.1. The highest BCUT2D eigenvalue weighted by Crippen LogP contribution is 2.22. The Balaban J connectivity index is 4.93. The Morgan fingerprint density at radius 2 is 1.53 bits per heavy atom. The number of ether oxygens (including phenoxy) is 1. The second-order valence-electron chi connectivity index (χ2n) is 3.62. The van der Waals surface area contributed by atoms with Crippen LogP contribution in [0, 0.1) is 17.2 Å². The summed E-state index contributed by atoms with van der Waals surface area (Å²) in [7, 11) is -2.99. The Bertz CT molecular complexity index is 288. The lowest BCUT2D eigenvalue weighted by molar-refractivity contribution is -0.145. The summed E-state index contributed by atoms with van der Waals surface area (Å²) < 4.78 is 21.7. The van der Waals surface area contributed by atoms with Gasteiger partial charge in [0.05, 0.1) is 12.7 Å². The highest BCUT2D eigenvalue weighted by molar-refractivity contribution is 6.61. The fraction of sp³-hybridized carbons (Fsp3) is 0.833. The molecule has 0 aliphatic rings. The Hall–Kier alpha value is -0.943. The number of nitriles is 1. The Kier molecular flexibility index (Phi) is 9.43. The molecule has 0 rings (SSSR count). The van der Waals surface area contributed by atoms with Gasteiger partial charge in [0.2, 0.25) is 0 Å². The fourth-order valence-electron chi connectivity index (χ4n) is 1.64. The molecule has 1 atom stereocenters. The van der Waals surface area contributed by atoms with Crippen LogP contribution in [-0.2, 0) is 22.8 Å². The quantitative estimate of drug-likeness (QED) is 0.450. The summed E-state index contributed by atoms with van der Waals surface area (Å²) in [6, 6.07) is 2.06. The number of esters is 1. The van der Waals surface area contributed by atoms with E-state index in [1.165, 1.54) is 0 Å². The van der Waals surface area contributed by atoms with Gasteiger partial charge in [0.1, 0.15) is 5.92 Å². The molecule has 0 aromatic rings. The molecular weight excluding hydrogens is 266 g/mol. The highest BCUT2D eigenvalue weighted by atomic mass is 28.4. The van der Waals surface area contributed by atoms with Crippen molar-refractivity contribution in [3.8, 4) is 6.07 Å². The summed E-state index contributed by atoms with van der Waals surface area (Å²) in [6.07, 6.45) is 0. The molecule has 0 aromatic carbocycles. The predicted molar refractivity (Wildman–Crippen MR) is 71.2 cm³/mol. The molecule has 19 heavy (non-hydrogen) atoms. The molecule has 0 heterocycles. The fourth-order valence-corrected chi connectivity index (χ4v) is 4.32. The highest BCUT2D eigenvalue weighted by Gasteiger charge is 2.45. The Morgan fingerprint density at radius 3 is 1.84 bits per heavy atom. The van der Waals surface area contributed by atoms with Crippen LogP contribution in [-0.4, -0.2) is 41.2 Å². The van der Waals surface area contributed by atoms with Crippen molar-refractivity contribution >= 4 is 14.8 Å². The lowest BCUT2D eigenvalue weighted by Gasteiger charge is -2.29. The van der Waals surface area contributed by atoms with Crippen LogP contribution in [0.1, 0.15) is 27.7 Å². The third-order valence-corrected chi connectivity index (χ3v) is 5.37. The molecule has 0 radical (unpaired) electrons. The second-order valence-corrected chi connectivity index (χ2v) is 6.26. The average molecular weight is 289 g/mol. The van der Waals surface area contributed by atoms with Crippen molar-refractivity contribution in [2.45, 2.75) is 33.7 Å². The molecule has 0 fully saturated rings. The molecule has 0 aliphatic carbocycles. The van der Waals surface area contributed by atoms with Gasteiger partial charge in [0.15, 0.2) is 0 Å². The lowest BCUT2D eigenvalue weighted by atomic mass is 10.2. The van der Waals surface area contributed by atoms with Crippen LogP contribution < -0.4 is 0 Å². The zero-order valence-electron chi connectivity index (χ0n) is 12.1. The van der Waals surface area contributed by atoms with Gasteiger partial charge in [-0.05, 0) is 27.7 Å². The summed E-state index contributed by atoms with van der Waals surface area (Å²) in [4.78, 5) is 11.7. The number of nitrogens with zero attached hydrogens (tertiary/aromatic N) is 1. The molecule has 0 saturated heterocycles. The smallest absolute Gasteiger partial charge is 0.465 e. The molecule has 0 aliphatic heterocycles. The zero-order chi connectivity index (χ0) is 14.7. The van der Waals surface area contributed by atoms with Gasteiger partial charge in [-0.15, -0.1) is 0 Å². The molecule has 6 nitrogen and oxygen atoms in total. The van der Waals surface area contributed by atoms with E-state index in [4.69, 9.17) is 23.3 Å². The average Bonchev–Trinajstić information content (AvgIpc) is 2.37. The van der Waals surface area contributed by atoms with Crippen LogP contribution in [0.15, 0.2) is 0 Å². The van der Waals surface area contributed by atoms with Crippen molar-refractivity contribution in [3.05, 3.63) is 0 Å². The largest absolute Gasteiger partial charge is 0.502 e. The van der Waals surface area contributed by atoms with E-state index >= 15 is 0 Å². The molecular formula is C12H23NO5Si. The van der Waals surface area contributed by atoms with Crippen LogP contribution in [0.2, 0.25) is 6.04 Å². The monoisotopic (exact) mass is 289 g/mol. The third kappa shape index (κ3) is 6.16. The maximum absolute atomic E-state index is 11.7. The van der Waals surface area contributed by atoms with Crippen LogP contribution in [0.5, 0.6) is 0 Å². The molecule has 110 valence electrons. The van der Waals surface area contributed by atoms with Gasteiger partial charge in [0.25, 0.3) is 0 Å². The van der Waals surface area contributed by atoms with E-state index in [2.05, 4.69) is 0 Å². The number of hydrogen-bond donors (Lipinski definition) is 0. The van der Waals surface area contributed by atoms with Crippen molar-refractivity contribution in [2.75, 3.05) is 26.4 Å². The Morgan fingerprint density at radius 1 is 1.05 bits per heavy atom. The van der Waals surface area contributed by atoms with Crippen molar-refractivity contribution in [2.24, 2.45) is 5.92 Å². The number of rotatable bonds is 10. The maximum Gasteiger partial charge on any atom is 0.502 e. The van der Waals surface area contributed by atoms with Gasteiger partial charge >= 0.3 is 14.8 Å². The summed E-state index contributed by atoms with van der Waals surface area (Å²) in [6.45, 7) is 8.64. The number of hydrogen-bond acceptors (Lipinski definition) is 6. The minimum atomic E-state index is -2.99. The molecule has 1 unspecified atom stereocenters. The van der Waals surface area contributed by atoms with Crippen LogP contribution in [0.3, 0.4) is 0 Å². The van der Waals surface area contributed by atoms with E-state index in [1.807, 2.05) is 26.8 Å². The van der Waals surface area contributed by atoms with Crippen molar-refractivity contribution in [1.82, 2.24) is 0 Å². The SMILES string of the molecule is CCOC(=O)C(C#N)C[Si](OCC)(OCC)OCC. The van der Waals surface area contributed by atoms with Gasteiger partial charge < -0.3 is 18.0 Å². The standard InChI is InChI=1S/C12H23NO5Si/c1-5-15-12(14)11(9-13)10-19(16-6-2,17-7-3)18-8-4/h11H,5-8,10H2,1-4H3. The van der Waals surface area contributed by atoms with Crippen molar-refractivity contribution in [3.63, 3.8) is 0 Å². The summed E-state index contributed by atoms with van der Waals surface area (Å²) in [5.74, 6) is -1.47. The van der Waals surface area contributed by atoms with Crippen LogP contribution >= 0.6 is 0 Å². The van der Waals surface area contributed by atoms with E-state index in [9.17, 15) is 4.79 Å². The second kappa shape index (κ2) is 9.92. The van der Waals surface area contributed by atoms with Gasteiger partial charge in [-0.1, -0.05) is 0 Å². The topological polar surface area (TPSA) is 77.8 Å². The maximum atomic E-state index is 11.7. The molecule has 0 spiro atoms. The molecule has 0 saturated carbocycles. The van der Waals surface area contributed by atoms with Gasteiger partial charge in [-0.3, -0.25) is 4.79 Å². The first-order valence-corrected chi connectivity index (χ1v) is 8.50. The van der Waals surface area contributed by atoms with E-state index in [0.29, 0.717) is 19.8 Å². The van der Waals surface area contributed by atoms with Crippen molar-refractivity contribution < 1.29 is 22.8 Å². The van der Waals surface area contributed by atoms with Gasteiger partial charge in [0, 0.05) is 25.9 Å². The van der Waals surface area contributed by atoms with E-state index in [0.717, 1.165) is 0 Å². The van der Waals surface area contributed by atoms with Crippen LogP contribution in [0.25, 0.3) is 0 Å². The van der Waals surface area contributed by atoms with E-state index in [-0.39, 0.29) is 12.7 Å². The third-order valence-electron chi connectivity index (χ3n) is 2.27. The molecule has 0 N–H and O–H groups in total. The summed E-state index contributed by atoms with van der Waals surface area (Å²) in [5.41, 5.74) is 0. The summed E-state index contributed by atoms with van der Waals surface area (Å²) in [5, 5.41) is 9.10. The summed E-state index contributed by atoms with van der Waals surface area (Å²) >= 11 is 0. The lowest BCUT2D eigenvalue weighted by Crippen LogP contribution is -2.48.